The van der Waals surface area contributed by atoms with Crippen LogP contribution in [0.2, 0.25) is 0 Å². The van der Waals surface area contributed by atoms with Crippen LogP contribution in [0.5, 0.6) is 0 Å². The fraction of sp³-hybridized carbons (Fsp3) is 0.143. The van der Waals surface area contributed by atoms with Crippen molar-refractivity contribution in [3.05, 3.63) is 96.1 Å². The predicted octanol–water partition coefficient (Wildman–Crippen LogP) is 4.33. The van der Waals surface area contributed by atoms with Gasteiger partial charge in [0, 0.05) is 11.2 Å². The van der Waals surface area contributed by atoms with E-state index in [1.54, 1.807) is 0 Å². The third kappa shape index (κ3) is 5.21. The predicted molar refractivity (Wildman–Crippen MR) is 109 cm³/mol. The minimum Gasteiger partial charge on any atom is -0.418 e. The number of fused-ring (bicyclic) bond motifs is 1. The second-order valence-electron chi connectivity index (χ2n) is 6.61. The van der Waals surface area contributed by atoms with Gasteiger partial charge in [-0.15, -0.1) is 0 Å². The van der Waals surface area contributed by atoms with Crippen molar-refractivity contribution in [1.82, 2.24) is 0 Å². The van der Waals surface area contributed by atoms with Crippen LogP contribution < -0.4 is 16.3 Å². The average Bonchev–Trinajstić information content (AvgIpc) is 2.99. The molecule has 4 rings (SSSR count). The van der Waals surface area contributed by atoms with Crippen LogP contribution in [0.3, 0.4) is 0 Å². The molecule has 0 amide bonds. The van der Waals surface area contributed by atoms with E-state index >= 15 is 0 Å². The Kier molecular flexibility index (Phi) is 6.53. The molecule has 1 nitrogen and oxygen atoms in total. The van der Waals surface area contributed by atoms with Crippen molar-refractivity contribution in [3.8, 4) is 0 Å². The maximum Gasteiger partial charge on any atom is 0.673 e. The van der Waals surface area contributed by atoms with Crippen molar-refractivity contribution in [2.24, 2.45) is 0 Å². The maximum absolute atomic E-state index is 9.75. The van der Waals surface area contributed by atoms with Crippen LogP contribution in [0.15, 0.2) is 84.9 Å². The third-order valence-corrected chi connectivity index (χ3v) is 7.66. The molecule has 0 bridgehead atoms. The molecular formula is C21H21BF4NP. The zero-order valence-electron chi connectivity index (χ0n) is 15.2. The summed E-state index contributed by atoms with van der Waals surface area (Å²) in [6.07, 6.45) is 1.14. The van der Waals surface area contributed by atoms with E-state index in [0.29, 0.717) is 11.7 Å². The molecule has 0 saturated heterocycles. The summed E-state index contributed by atoms with van der Waals surface area (Å²) in [4.78, 5) is 0. The largest absolute Gasteiger partial charge is 0.673 e. The minimum absolute atomic E-state index is 0.373. The lowest BCUT2D eigenvalue weighted by Gasteiger charge is -2.26. The summed E-state index contributed by atoms with van der Waals surface area (Å²) in [5, 5.41) is 2.92. The Morgan fingerprint density at radius 3 is 1.61 bits per heavy atom. The number of hydrogen-bond acceptors (Lipinski definition) is 0. The fourth-order valence-electron chi connectivity index (χ4n) is 3.64. The molecule has 7 heteroatoms. The lowest BCUT2D eigenvalue weighted by molar-refractivity contribution is -0.423. The topological polar surface area (TPSA) is 27.6 Å². The molecule has 1 aliphatic carbocycles. The van der Waals surface area contributed by atoms with E-state index in [9.17, 15) is 17.3 Å². The normalized spacial score (nSPS) is 18.4. The van der Waals surface area contributed by atoms with Crippen LogP contribution >= 0.6 is 7.92 Å². The van der Waals surface area contributed by atoms with Crippen molar-refractivity contribution in [1.29, 1.82) is 0 Å². The van der Waals surface area contributed by atoms with Gasteiger partial charge in [0.05, 0.1) is 0 Å². The van der Waals surface area contributed by atoms with E-state index in [4.69, 9.17) is 0 Å². The average molecular weight is 405 g/mol. The summed E-state index contributed by atoms with van der Waals surface area (Å²) in [6, 6.07) is 31.2. The molecule has 0 aromatic heterocycles. The van der Waals surface area contributed by atoms with Crippen LogP contribution in [0.1, 0.15) is 17.2 Å². The third-order valence-electron chi connectivity index (χ3n) is 4.75. The van der Waals surface area contributed by atoms with E-state index in [1.165, 1.54) is 21.7 Å². The molecule has 2 unspecified atom stereocenters. The zero-order valence-corrected chi connectivity index (χ0v) is 16.1. The number of benzene rings is 3. The van der Waals surface area contributed by atoms with Crippen LogP contribution in [-0.4, -0.2) is 12.9 Å². The van der Waals surface area contributed by atoms with Gasteiger partial charge in [-0.25, -0.2) is 0 Å². The highest BCUT2D eigenvalue weighted by Crippen LogP contribution is 2.49. The molecule has 0 aliphatic heterocycles. The van der Waals surface area contributed by atoms with Gasteiger partial charge in [0.15, 0.2) is 0 Å². The van der Waals surface area contributed by atoms with Gasteiger partial charge in [0.25, 0.3) is 0 Å². The van der Waals surface area contributed by atoms with Crippen LogP contribution in [0.25, 0.3) is 0 Å². The molecule has 0 radical (unpaired) electrons. The molecule has 3 N–H and O–H groups in total. The quantitative estimate of drug-likeness (QED) is 0.382. The van der Waals surface area contributed by atoms with E-state index in [-0.39, 0.29) is 0 Å². The first-order chi connectivity index (χ1) is 13.3. The van der Waals surface area contributed by atoms with E-state index in [0.717, 1.165) is 6.42 Å². The fourth-order valence-corrected chi connectivity index (χ4v) is 6.59. The van der Waals surface area contributed by atoms with Crippen molar-refractivity contribution in [2.45, 2.75) is 18.1 Å². The molecule has 0 heterocycles. The summed E-state index contributed by atoms with van der Waals surface area (Å²) in [6.45, 7) is 0. The zero-order chi connectivity index (χ0) is 20.1. The summed E-state index contributed by atoms with van der Waals surface area (Å²) < 4.78 is 39.0. The number of quaternary nitrogens is 1. The van der Waals surface area contributed by atoms with Crippen LogP contribution in [-0.2, 0) is 6.42 Å². The number of rotatable bonds is 3. The van der Waals surface area contributed by atoms with Gasteiger partial charge in [0.1, 0.15) is 6.04 Å². The number of hydrogen-bond donors (Lipinski definition) is 1. The first-order valence-electron chi connectivity index (χ1n) is 9.02. The number of halogens is 4. The second kappa shape index (κ2) is 8.89. The first kappa shape index (κ1) is 20.6. The molecule has 1 aliphatic rings. The smallest absolute Gasteiger partial charge is 0.418 e. The van der Waals surface area contributed by atoms with Gasteiger partial charge in [-0.3, -0.25) is 0 Å². The van der Waals surface area contributed by atoms with Crippen molar-refractivity contribution < 1.29 is 23.0 Å². The van der Waals surface area contributed by atoms with Gasteiger partial charge >= 0.3 is 7.25 Å². The monoisotopic (exact) mass is 405 g/mol. The SMILES string of the molecule is F[B-](F)(F)F.[NH3+]C1c2ccccc2CC1P(c1ccccc1)c1ccccc1. The second-order valence-corrected chi connectivity index (χ2v) is 9.05. The molecule has 3 aromatic rings. The highest BCUT2D eigenvalue weighted by molar-refractivity contribution is 7.73. The Labute approximate surface area is 163 Å². The summed E-state index contributed by atoms with van der Waals surface area (Å²) >= 11 is 0. The maximum atomic E-state index is 9.75. The van der Waals surface area contributed by atoms with Crippen LogP contribution in [0.4, 0.5) is 17.3 Å². The molecule has 0 spiro atoms. The van der Waals surface area contributed by atoms with Gasteiger partial charge in [0.2, 0.25) is 0 Å². The first-order valence-corrected chi connectivity index (χ1v) is 10.4. The molecule has 0 fully saturated rings. The van der Waals surface area contributed by atoms with Gasteiger partial charge in [-0.2, -0.15) is 0 Å². The van der Waals surface area contributed by atoms with Crippen molar-refractivity contribution in [2.75, 3.05) is 0 Å². The van der Waals surface area contributed by atoms with Crippen LogP contribution in [0, 0.1) is 0 Å². The molecule has 28 heavy (non-hydrogen) atoms. The highest BCUT2D eigenvalue weighted by atomic mass is 31.1. The highest BCUT2D eigenvalue weighted by Gasteiger charge is 2.39. The Hall–Kier alpha value is -2.17. The molecule has 2 atom stereocenters. The van der Waals surface area contributed by atoms with Gasteiger partial charge in [-0.1, -0.05) is 84.9 Å². The summed E-state index contributed by atoms with van der Waals surface area (Å²) in [5.41, 5.74) is 8.05. The molecular weight excluding hydrogens is 384 g/mol. The summed E-state index contributed by atoms with van der Waals surface area (Å²) in [7, 11) is -6.40. The minimum atomic E-state index is -6.00. The van der Waals surface area contributed by atoms with Gasteiger partial charge in [-0.05, 0) is 30.5 Å². The summed E-state index contributed by atoms with van der Waals surface area (Å²) in [5.74, 6) is 0. The lowest BCUT2D eigenvalue weighted by Crippen LogP contribution is -2.57. The van der Waals surface area contributed by atoms with E-state index in [2.05, 4.69) is 90.7 Å². The van der Waals surface area contributed by atoms with E-state index < -0.39 is 15.2 Å². The molecule has 0 saturated carbocycles. The van der Waals surface area contributed by atoms with E-state index in [1.807, 2.05) is 0 Å². The molecule has 146 valence electrons. The Morgan fingerprint density at radius 1 is 0.714 bits per heavy atom. The standard InChI is InChI=1S/C21H20NP.BF4/c22-21-19-14-8-7-9-16(19)15-20(21)23(17-10-3-1-4-11-17)18-12-5-2-6-13-18;2-1(3,4)5/h1-14,20-21H,15,22H2;/q;-1/p+1. The lowest BCUT2D eigenvalue weighted by atomic mass is 10.1. The van der Waals surface area contributed by atoms with Gasteiger partial charge < -0.3 is 23.0 Å². The Balaban J connectivity index is 0.000000403. The Morgan fingerprint density at radius 2 is 1.14 bits per heavy atom. The Bertz CT molecular complexity index is 844. The van der Waals surface area contributed by atoms with Crippen molar-refractivity contribution >= 4 is 25.8 Å². The van der Waals surface area contributed by atoms with Crippen molar-refractivity contribution in [3.63, 3.8) is 0 Å². The molecule has 3 aromatic carbocycles.